The molecule has 0 bridgehead atoms. The first kappa shape index (κ1) is 11.5. The van der Waals surface area contributed by atoms with Crippen molar-refractivity contribution in [3.05, 3.63) is 0 Å². The quantitative estimate of drug-likeness (QED) is 0.754. The fourth-order valence-corrected chi connectivity index (χ4v) is 2.52. The molecule has 1 heterocycles. The third-order valence-electron chi connectivity index (χ3n) is 3.65. The number of carboxylic acid groups (broad SMARTS) is 1. The first-order valence-electron chi connectivity index (χ1n) is 5.58. The lowest BCUT2D eigenvalue weighted by atomic mass is 9.91. The van der Waals surface area contributed by atoms with E-state index in [4.69, 9.17) is 0 Å². The van der Waals surface area contributed by atoms with Gasteiger partial charge in [-0.15, -0.1) is 0 Å². The Morgan fingerprint density at radius 1 is 1.57 bits per heavy atom. The molecule has 3 nitrogen and oxygen atoms in total. The van der Waals surface area contributed by atoms with Crippen LogP contribution in [0.5, 0.6) is 0 Å². The second-order valence-electron chi connectivity index (χ2n) is 4.24. The highest BCUT2D eigenvalue weighted by atomic mass is 16.4. The molecule has 0 aliphatic carbocycles. The van der Waals surface area contributed by atoms with E-state index in [2.05, 4.69) is 18.7 Å². The van der Waals surface area contributed by atoms with Crippen molar-refractivity contribution in [3.63, 3.8) is 0 Å². The van der Waals surface area contributed by atoms with Gasteiger partial charge in [0.25, 0.3) is 0 Å². The largest absolute Gasteiger partial charge is 0.480 e. The summed E-state index contributed by atoms with van der Waals surface area (Å²) in [5, 5.41) is 9.34. The predicted molar refractivity (Wildman–Crippen MR) is 56.4 cm³/mol. The Morgan fingerprint density at radius 2 is 2.21 bits per heavy atom. The second kappa shape index (κ2) is 4.30. The van der Waals surface area contributed by atoms with Gasteiger partial charge in [0.15, 0.2) is 0 Å². The molecule has 2 atom stereocenters. The van der Waals surface area contributed by atoms with Crippen molar-refractivity contribution in [1.29, 1.82) is 0 Å². The molecule has 0 spiro atoms. The van der Waals surface area contributed by atoms with E-state index in [0.29, 0.717) is 12.5 Å². The molecule has 0 amide bonds. The summed E-state index contributed by atoms with van der Waals surface area (Å²) in [6, 6.07) is 0.383. The van der Waals surface area contributed by atoms with Gasteiger partial charge in [0.05, 0.1) is 0 Å². The molecular formula is C11H21NO2. The van der Waals surface area contributed by atoms with Crippen LogP contribution in [0.15, 0.2) is 0 Å². The van der Waals surface area contributed by atoms with E-state index >= 15 is 0 Å². The number of carboxylic acids is 1. The normalized spacial score (nSPS) is 30.5. The monoisotopic (exact) mass is 199 g/mol. The number of hydrogen-bond donors (Lipinski definition) is 1. The molecule has 1 rings (SSSR count). The highest BCUT2D eigenvalue weighted by molar-refractivity contribution is 5.79. The van der Waals surface area contributed by atoms with Gasteiger partial charge in [-0.1, -0.05) is 13.8 Å². The van der Waals surface area contributed by atoms with Crippen LogP contribution in [0.25, 0.3) is 0 Å². The first-order valence-corrected chi connectivity index (χ1v) is 5.58. The van der Waals surface area contributed by atoms with Gasteiger partial charge in [-0.2, -0.15) is 0 Å². The van der Waals surface area contributed by atoms with Crippen LogP contribution in [0, 0.1) is 0 Å². The third kappa shape index (κ3) is 1.65. The van der Waals surface area contributed by atoms with Gasteiger partial charge in [-0.25, -0.2) is 0 Å². The smallest absolute Gasteiger partial charge is 0.324 e. The molecule has 1 fully saturated rings. The summed E-state index contributed by atoms with van der Waals surface area (Å²) >= 11 is 0. The third-order valence-corrected chi connectivity index (χ3v) is 3.65. The number of aliphatic carboxylic acids is 1. The number of carbonyl (C=O) groups is 1. The van der Waals surface area contributed by atoms with E-state index in [1.165, 1.54) is 0 Å². The summed E-state index contributed by atoms with van der Waals surface area (Å²) in [4.78, 5) is 13.5. The zero-order valence-electron chi connectivity index (χ0n) is 9.42. The summed E-state index contributed by atoms with van der Waals surface area (Å²) in [5.41, 5.74) is -0.574. The molecule has 14 heavy (non-hydrogen) atoms. The van der Waals surface area contributed by atoms with Gasteiger partial charge in [0.1, 0.15) is 5.54 Å². The fraction of sp³-hybridized carbons (Fsp3) is 0.909. The van der Waals surface area contributed by atoms with Crippen LogP contribution in [0.2, 0.25) is 0 Å². The highest BCUT2D eigenvalue weighted by Crippen LogP contribution is 2.34. The Morgan fingerprint density at radius 3 is 2.64 bits per heavy atom. The molecule has 1 N–H and O–H groups in total. The summed E-state index contributed by atoms with van der Waals surface area (Å²) in [6.07, 6.45) is 3.56. The molecule has 0 aromatic rings. The molecule has 1 saturated heterocycles. The Labute approximate surface area is 86.1 Å². The maximum Gasteiger partial charge on any atom is 0.324 e. The van der Waals surface area contributed by atoms with Crippen LogP contribution in [-0.4, -0.2) is 34.1 Å². The molecule has 1 aliphatic heterocycles. The van der Waals surface area contributed by atoms with Crippen molar-refractivity contribution in [2.45, 2.75) is 58.0 Å². The van der Waals surface area contributed by atoms with Crippen molar-refractivity contribution in [3.8, 4) is 0 Å². The Bertz CT molecular complexity index is 217. The molecule has 3 heteroatoms. The first-order chi connectivity index (χ1) is 6.58. The molecule has 2 unspecified atom stereocenters. The molecule has 0 radical (unpaired) electrons. The van der Waals surface area contributed by atoms with Crippen molar-refractivity contribution in [2.75, 3.05) is 6.54 Å². The highest BCUT2D eigenvalue weighted by Gasteiger charge is 2.47. The molecule has 0 aromatic carbocycles. The van der Waals surface area contributed by atoms with Crippen LogP contribution in [0.4, 0.5) is 0 Å². The maximum atomic E-state index is 11.3. The van der Waals surface area contributed by atoms with Gasteiger partial charge in [0, 0.05) is 6.04 Å². The lowest BCUT2D eigenvalue weighted by molar-refractivity contribution is -0.151. The number of nitrogens with zero attached hydrogens (tertiary/aromatic N) is 1. The minimum Gasteiger partial charge on any atom is -0.480 e. The zero-order valence-corrected chi connectivity index (χ0v) is 9.42. The molecule has 0 saturated carbocycles. The Kier molecular flexibility index (Phi) is 3.53. The Balaban J connectivity index is 2.88. The summed E-state index contributed by atoms with van der Waals surface area (Å²) in [5.74, 6) is -0.641. The summed E-state index contributed by atoms with van der Waals surface area (Å²) in [7, 11) is 0. The Hall–Kier alpha value is -0.570. The zero-order chi connectivity index (χ0) is 10.8. The van der Waals surface area contributed by atoms with E-state index in [9.17, 15) is 9.90 Å². The number of hydrogen-bond acceptors (Lipinski definition) is 2. The van der Waals surface area contributed by atoms with Gasteiger partial charge < -0.3 is 5.11 Å². The van der Waals surface area contributed by atoms with Gasteiger partial charge in [-0.3, -0.25) is 9.69 Å². The van der Waals surface area contributed by atoms with Crippen molar-refractivity contribution >= 4 is 5.97 Å². The lowest BCUT2D eigenvalue weighted by Gasteiger charge is -2.37. The van der Waals surface area contributed by atoms with E-state index in [-0.39, 0.29) is 0 Å². The van der Waals surface area contributed by atoms with Crippen LogP contribution >= 0.6 is 0 Å². The predicted octanol–water partition coefficient (Wildman–Crippen LogP) is 2.11. The average molecular weight is 199 g/mol. The van der Waals surface area contributed by atoms with E-state index in [1.807, 2.05) is 6.92 Å². The van der Waals surface area contributed by atoms with Crippen LogP contribution in [0.1, 0.15) is 46.5 Å². The topological polar surface area (TPSA) is 40.5 Å². The maximum absolute atomic E-state index is 11.3. The van der Waals surface area contributed by atoms with E-state index in [1.54, 1.807) is 0 Å². The average Bonchev–Trinajstić information content (AvgIpc) is 2.61. The second-order valence-corrected chi connectivity index (χ2v) is 4.24. The van der Waals surface area contributed by atoms with Gasteiger partial charge >= 0.3 is 5.97 Å². The van der Waals surface area contributed by atoms with Crippen LogP contribution in [-0.2, 0) is 4.79 Å². The van der Waals surface area contributed by atoms with Crippen molar-refractivity contribution in [2.24, 2.45) is 0 Å². The van der Waals surface area contributed by atoms with Crippen LogP contribution in [0.3, 0.4) is 0 Å². The lowest BCUT2D eigenvalue weighted by Crippen LogP contribution is -2.53. The van der Waals surface area contributed by atoms with E-state index < -0.39 is 11.5 Å². The van der Waals surface area contributed by atoms with Gasteiger partial charge in [-0.05, 0) is 39.2 Å². The van der Waals surface area contributed by atoms with Gasteiger partial charge in [0.2, 0.25) is 0 Å². The fourth-order valence-electron chi connectivity index (χ4n) is 2.52. The van der Waals surface area contributed by atoms with Crippen molar-refractivity contribution < 1.29 is 9.90 Å². The number of rotatable bonds is 4. The van der Waals surface area contributed by atoms with E-state index in [0.717, 1.165) is 25.8 Å². The SMILES string of the molecule is CCC(C)N1CCCC1(CC)C(=O)O. The summed E-state index contributed by atoms with van der Waals surface area (Å²) in [6.45, 7) is 7.16. The molecular weight excluding hydrogens is 178 g/mol. The van der Waals surface area contributed by atoms with Crippen molar-refractivity contribution in [1.82, 2.24) is 4.90 Å². The number of likely N-dealkylation sites (tertiary alicyclic amines) is 1. The van der Waals surface area contributed by atoms with Crippen LogP contribution < -0.4 is 0 Å². The minimum absolute atomic E-state index is 0.383. The summed E-state index contributed by atoms with van der Waals surface area (Å²) < 4.78 is 0. The molecule has 82 valence electrons. The standard InChI is InChI=1S/C11H21NO2/c1-4-9(3)12-8-6-7-11(12,5-2)10(13)14/h9H,4-8H2,1-3H3,(H,13,14). The minimum atomic E-state index is -0.641. The molecule has 1 aliphatic rings. The molecule has 0 aromatic heterocycles.